The van der Waals surface area contributed by atoms with Crippen molar-refractivity contribution < 1.29 is 23.8 Å². The third-order valence-corrected chi connectivity index (χ3v) is 8.78. The Balaban J connectivity index is 1.24. The number of para-hydroxylation sites is 1. The van der Waals surface area contributed by atoms with Gasteiger partial charge in [0.1, 0.15) is 24.5 Å². The first-order chi connectivity index (χ1) is 21.8. The molecule has 1 fully saturated rings. The van der Waals surface area contributed by atoms with Crippen LogP contribution in [0.2, 0.25) is 0 Å². The van der Waals surface area contributed by atoms with Gasteiger partial charge in [0, 0.05) is 50.9 Å². The van der Waals surface area contributed by atoms with Crippen LogP contribution in [0.1, 0.15) is 41.9 Å². The van der Waals surface area contributed by atoms with E-state index >= 15 is 0 Å². The van der Waals surface area contributed by atoms with E-state index < -0.39 is 18.8 Å². The third kappa shape index (κ3) is 5.47. The van der Waals surface area contributed by atoms with Crippen molar-refractivity contribution in [3.63, 3.8) is 0 Å². The molecule has 2 aliphatic rings. The monoisotopic (exact) mass is 614 g/mol. The van der Waals surface area contributed by atoms with Crippen LogP contribution in [-0.4, -0.2) is 83.1 Å². The molecule has 4 aromatic heterocycles. The zero-order valence-corrected chi connectivity index (χ0v) is 25.2. The molecule has 45 heavy (non-hydrogen) atoms. The molecule has 0 radical (unpaired) electrons. The Morgan fingerprint density at radius 1 is 1.24 bits per heavy atom. The number of carbonyl (C=O) groups is 2. The average molecular weight is 615 g/mol. The number of pyridine rings is 1. The molecule has 2 amide bonds. The first-order valence-electron chi connectivity index (χ1n) is 15.2. The van der Waals surface area contributed by atoms with Crippen molar-refractivity contribution in [1.29, 1.82) is 0 Å². The molecular weight excluding hydrogens is 579 g/mol. The fourth-order valence-electron chi connectivity index (χ4n) is 6.18. The number of carboxylic acid groups (broad SMARTS) is 1. The van der Waals surface area contributed by atoms with Crippen LogP contribution < -0.4 is 10.1 Å². The van der Waals surface area contributed by atoms with Crippen LogP contribution >= 0.6 is 0 Å². The molecule has 5 heterocycles. The Kier molecular flexibility index (Phi) is 7.38. The second-order valence-electron chi connectivity index (χ2n) is 12.1. The Hall–Kier alpha value is -4.94. The van der Waals surface area contributed by atoms with Gasteiger partial charge in [-0.2, -0.15) is 0 Å². The lowest BCUT2D eigenvalue weighted by Crippen LogP contribution is -2.48. The van der Waals surface area contributed by atoms with Gasteiger partial charge in [0.05, 0.1) is 40.9 Å². The third-order valence-electron chi connectivity index (χ3n) is 8.78. The number of nitrogens with one attached hydrogen (secondary N) is 1. The molecule has 2 unspecified atom stereocenters. The van der Waals surface area contributed by atoms with Gasteiger partial charge in [-0.1, -0.05) is 12.1 Å². The summed E-state index contributed by atoms with van der Waals surface area (Å²) in [6, 6.07) is 9.12. The number of imidazole rings is 2. The number of benzene rings is 1. The lowest BCUT2D eigenvalue weighted by atomic mass is 10.0. The minimum Gasteiger partial charge on any atom is -0.489 e. The number of alkyl halides is 1. The number of ether oxygens (including phenoxy) is 1. The van der Waals surface area contributed by atoms with Crippen LogP contribution in [0.15, 0.2) is 49.1 Å². The normalized spacial score (nSPS) is 16.2. The zero-order chi connectivity index (χ0) is 31.2. The number of aryl methyl sites for hydroxylation is 1. The molecule has 12 nitrogen and oxygen atoms in total. The summed E-state index contributed by atoms with van der Waals surface area (Å²) in [6.45, 7) is 2.79. The summed E-state index contributed by atoms with van der Waals surface area (Å²) in [5.74, 6) is 1.83. The highest BCUT2D eigenvalue weighted by molar-refractivity contribution is 5.99. The number of nitrogens with zero attached hydrogens (tertiary/aromatic N) is 7. The van der Waals surface area contributed by atoms with E-state index in [0.29, 0.717) is 47.9 Å². The van der Waals surface area contributed by atoms with Gasteiger partial charge in [-0.15, -0.1) is 0 Å². The maximum absolute atomic E-state index is 13.5. The van der Waals surface area contributed by atoms with Gasteiger partial charge < -0.3 is 33.8 Å². The van der Waals surface area contributed by atoms with Gasteiger partial charge in [-0.05, 0) is 43.9 Å². The summed E-state index contributed by atoms with van der Waals surface area (Å²) in [5.41, 5.74) is 4.30. The van der Waals surface area contributed by atoms with E-state index in [0.717, 1.165) is 34.7 Å². The highest BCUT2D eigenvalue weighted by Gasteiger charge is 2.31. The predicted octanol–water partition coefficient (Wildman–Crippen LogP) is 4.44. The summed E-state index contributed by atoms with van der Waals surface area (Å²) >= 11 is 0. The van der Waals surface area contributed by atoms with Crippen molar-refractivity contribution in [3.8, 4) is 17.3 Å². The van der Waals surface area contributed by atoms with E-state index in [1.165, 1.54) is 17.7 Å². The number of carbonyl (C=O) groups excluding carboxylic acids is 1. The highest BCUT2D eigenvalue weighted by Crippen LogP contribution is 2.39. The molecule has 1 aliphatic carbocycles. The van der Waals surface area contributed by atoms with E-state index in [2.05, 4.69) is 33.9 Å². The molecule has 7 rings (SSSR count). The lowest BCUT2D eigenvalue weighted by Gasteiger charge is -2.30. The average Bonchev–Trinajstić information content (AvgIpc) is 3.39. The van der Waals surface area contributed by atoms with Crippen LogP contribution in [0.25, 0.3) is 33.6 Å². The first kappa shape index (κ1) is 28.8. The number of amides is 2. The largest absolute Gasteiger partial charge is 0.489 e. The standard InChI is InChI=1S/C32H35FN8O4/c1-19(40-11-9-34-18-40)17-45-27-5-3-4-21-12-26(41(28(21)27)15-20-6-7-20)30-37-25-13-23-24(36-29(25)38(30)2)8-10-39(31(23)42)16-22(14-33)35-32(43)44/h3-5,9,11-13,18-20,22,35H,6-8,10,14-17H2,1-2H3,(H,43,44). The smallest absolute Gasteiger partial charge is 0.405 e. The molecule has 234 valence electrons. The zero-order valence-electron chi connectivity index (χ0n) is 25.2. The maximum atomic E-state index is 13.5. The molecule has 13 heteroatoms. The van der Waals surface area contributed by atoms with Gasteiger partial charge in [0.25, 0.3) is 5.91 Å². The highest BCUT2D eigenvalue weighted by atomic mass is 19.1. The quantitative estimate of drug-likeness (QED) is 0.225. The molecule has 0 bridgehead atoms. The van der Waals surface area contributed by atoms with Crippen LogP contribution in [-0.2, 0) is 20.0 Å². The number of rotatable bonds is 11. The second kappa shape index (κ2) is 11.5. The SMILES string of the molecule is CC(COc1cccc2cc(-c3nc4cc5c(nc4n3C)CCN(CC(CF)NC(=O)O)C5=O)n(CC3CC3)c12)n1ccnc1. The number of fused-ring (bicyclic) bond motifs is 3. The molecule has 0 saturated heterocycles. The van der Waals surface area contributed by atoms with E-state index in [-0.39, 0.29) is 18.5 Å². The van der Waals surface area contributed by atoms with Crippen LogP contribution in [0.3, 0.4) is 0 Å². The minimum atomic E-state index is -1.33. The summed E-state index contributed by atoms with van der Waals surface area (Å²) in [7, 11) is 1.94. The van der Waals surface area contributed by atoms with Crippen LogP contribution in [0.5, 0.6) is 5.75 Å². The van der Waals surface area contributed by atoms with Crippen molar-refractivity contribution in [2.24, 2.45) is 13.0 Å². The fraction of sp³-hybridized carbons (Fsp3) is 0.406. The molecule has 1 aromatic carbocycles. The van der Waals surface area contributed by atoms with Gasteiger partial charge in [0.15, 0.2) is 11.5 Å². The summed E-state index contributed by atoms with van der Waals surface area (Å²) in [6.07, 6.45) is 7.00. The predicted molar refractivity (Wildman–Crippen MR) is 165 cm³/mol. The minimum absolute atomic E-state index is 0.0562. The van der Waals surface area contributed by atoms with E-state index in [1.54, 1.807) is 18.6 Å². The van der Waals surface area contributed by atoms with Crippen molar-refractivity contribution in [3.05, 3.63) is 60.3 Å². The molecule has 1 saturated carbocycles. The number of hydrogen-bond acceptors (Lipinski definition) is 6. The Bertz CT molecular complexity index is 1890. The Morgan fingerprint density at radius 3 is 2.82 bits per heavy atom. The van der Waals surface area contributed by atoms with Crippen molar-refractivity contribution in [2.75, 3.05) is 26.4 Å². The van der Waals surface area contributed by atoms with E-state index in [9.17, 15) is 14.0 Å². The van der Waals surface area contributed by atoms with Gasteiger partial charge in [-0.3, -0.25) is 4.79 Å². The summed E-state index contributed by atoms with van der Waals surface area (Å²) < 4.78 is 26.2. The lowest BCUT2D eigenvalue weighted by molar-refractivity contribution is 0.0712. The van der Waals surface area contributed by atoms with Crippen LogP contribution in [0.4, 0.5) is 9.18 Å². The molecule has 5 aromatic rings. The number of hydrogen-bond donors (Lipinski definition) is 2. The fourth-order valence-corrected chi connectivity index (χ4v) is 6.18. The molecule has 0 spiro atoms. The van der Waals surface area contributed by atoms with Crippen LogP contribution in [0, 0.1) is 5.92 Å². The van der Waals surface area contributed by atoms with E-state index in [1.807, 2.05) is 34.5 Å². The van der Waals surface area contributed by atoms with Crippen molar-refractivity contribution >= 4 is 34.1 Å². The number of aromatic nitrogens is 6. The first-order valence-corrected chi connectivity index (χ1v) is 15.2. The topological polar surface area (TPSA) is 132 Å². The maximum Gasteiger partial charge on any atom is 0.405 e. The van der Waals surface area contributed by atoms with Gasteiger partial charge >= 0.3 is 6.09 Å². The molecule has 1 aliphatic heterocycles. The molecule has 2 atom stereocenters. The molecule has 2 N–H and O–H groups in total. The van der Waals surface area contributed by atoms with Crippen molar-refractivity contribution in [1.82, 2.24) is 38.9 Å². The molecular formula is C32H35FN8O4. The summed E-state index contributed by atoms with van der Waals surface area (Å²) in [5, 5.41) is 12.2. The second-order valence-corrected chi connectivity index (χ2v) is 12.1. The van der Waals surface area contributed by atoms with Gasteiger partial charge in [0.2, 0.25) is 0 Å². The summed E-state index contributed by atoms with van der Waals surface area (Å²) in [4.78, 5) is 39.9. The Labute approximate surface area is 258 Å². The number of halogens is 1. The van der Waals surface area contributed by atoms with Crippen molar-refractivity contribution in [2.45, 2.75) is 44.8 Å². The van der Waals surface area contributed by atoms with E-state index in [4.69, 9.17) is 19.8 Å². The van der Waals surface area contributed by atoms with Gasteiger partial charge in [-0.25, -0.2) is 24.1 Å². The Morgan fingerprint density at radius 2 is 2.09 bits per heavy atom.